The lowest BCUT2D eigenvalue weighted by molar-refractivity contribution is 0.0599. The Morgan fingerprint density at radius 3 is 2.58 bits per heavy atom. The minimum absolute atomic E-state index is 0.0286. The molecule has 1 fully saturated rings. The number of ether oxygens (including phenoxy) is 1. The molecule has 1 aromatic carbocycles. The van der Waals surface area contributed by atoms with Crippen molar-refractivity contribution in [3.63, 3.8) is 0 Å². The van der Waals surface area contributed by atoms with Gasteiger partial charge in [-0.1, -0.05) is 13.8 Å². The van der Waals surface area contributed by atoms with Gasteiger partial charge < -0.3 is 15.4 Å². The number of aromatic nitrogens is 3. The largest absolute Gasteiger partial charge is 0.465 e. The summed E-state index contributed by atoms with van der Waals surface area (Å²) in [7, 11) is 1.28. The first-order chi connectivity index (χ1) is 14.8. The van der Waals surface area contributed by atoms with Crippen LogP contribution in [0.3, 0.4) is 0 Å². The van der Waals surface area contributed by atoms with Gasteiger partial charge in [0.05, 0.1) is 23.9 Å². The lowest BCUT2D eigenvalue weighted by Gasteiger charge is -2.13. The molecule has 1 saturated carbocycles. The van der Waals surface area contributed by atoms with E-state index in [2.05, 4.69) is 20.7 Å². The van der Waals surface area contributed by atoms with Gasteiger partial charge >= 0.3 is 5.97 Å². The number of nitrogens with one attached hydrogen (secondary N) is 2. The Bertz CT molecular complexity index is 1190. The molecular formula is C21H21F2N5O3. The Morgan fingerprint density at radius 2 is 1.94 bits per heavy atom. The van der Waals surface area contributed by atoms with E-state index in [1.807, 2.05) is 13.8 Å². The molecule has 0 unspecified atom stereocenters. The van der Waals surface area contributed by atoms with Crippen LogP contribution >= 0.6 is 0 Å². The fraction of sp³-hybridized carbons (Fsp3) is 0.333. The molecule has 162 valence electrons. The number of halogens is 2. The topological polar surface area (TPSA) is 97.6 Å². The zero-order valence-corrected chi connectivity index (χ0v) is 17.2. The highest BCUT2D eigenvalue weighted by atomic mass is 19.1. The van der Waals surface area contributed by atoms with Gasteiger partial charge in [0.15, 0.2) is 5.82 Å². The number of hydrogen-bond donors (Lipinski definition) is 2. The second-order valence-electron chi connectivity index (χ2n) is 7.69. The van der Waals surface area contributed by atoms with E-state index in [0.29, 0.717) is 22.7 Å². The van der Waals surface area contributed by atoms with Crippen molar-refractivity contribution in [2.75, 3.05) is 12.4 Å². The highest BCUT2D eigenvalue weighted by Gasteiger charge is 2.27. The van der Waals surface area contributed by atoms with Crippen LogP contribution in [0.15, 0.2) is 24.7 Å². The Hall–Kier alpha value is -3.56. The van der Waals surface area contributed by atoms with Crippen molar-refractivity contribution in [2.24, 2.45) is 0 Å². The predicted molar refractivity (Wildman–Crippen MR) is 109 cm³/mol. The van der Waals surface area contributed by atoms with Gasteiger partial charge in [-0.3, -0.25) is 4.79 Å². The molecule has 0 spiro atoms. The molecule has 0 atom stereocenters. The smallest absolute Gasteiger partial charge is 0.339 e. The molecule has 0 radical (unpaired) electrons. The summed E-state index contributed by atoms with van der Waals surface area (Å²) in [6, 6.07) is 1.80. The van der Waals surface area contributed by atoms with E-state index in [1.165, 1.54) is 24.1 Å². The minimum atomic E-state index is -0.951. The summed E-state index contributed by atoms with van der Waals surface area (Å²) in [5.74, 6) is -2.88. The van der Waals surface area contributed by atoms with E-state index in [-0.39, 0.29) is 29.0 Å². The number of amides is 1. The maximum Gasteiger partial charge on any atom is 0.339 e. The first-order valence-corrected chi connectivity index (χ1v) is 9.81. The fourth-order valence-corrected chi connectivity index (χ4v) is 3.42. The third-order valence-corrected chi connectivity index (χ3v) is 5.06. The SMILES string of the molecule is COC(=O)c1cn2ncnc(Nc3cc(C(=O)NC4CC4)c(F)cc3F)c2c1C(C)C. The number of rotatable bonds is 6. The van der Waals surface area contributed by atoms with Crippen LogP contribution in [0.4, 0.5) is 20.3 Å². The average molecular weight is 429 g/mol. The van der Waals surface area contributed by atoms with Crippen molar-refractivity contribution in [3.8, 4) is 0 Å². The molecule has 4 rings (SSSR count). The quantitative estimate of drug-likeness (QED) is 0.582. The summed E-state index contributed by atoms with van der Waals surface area (Å²) in [6.45, 7) is 3.77. The molecule has 0 bridgehead atoms. The van der Waals surface area contributed by atoms with Gasteiger partial charge in [0.2, 0.25) is 0 Å². The summed E-state index contributed by atoms with van der Waals surface area (Å²) >= 11 is 0. The van der Waals surface area contributed by atoms with Gasteiger partial charge in [-0.15, -0.1) is 0 Å². The standard InChI is InChI=1S/C21H21F2N5O3/c1-10(2)17-13(21(30)31-3)8-28-18(17)19(24-9-25-28)27-16-6-12(14(22)7-15(16)23)20(29)26-11-4-5-11/h6-11H,4-5H2,1-3H3,(H,26,29)(H,24,25,27). The van der Waals surface area contributed by atoms with Gasteiger partial charge in [-0.25, -0.2) is 23.1 Å². The summed E-state index contributed by atoms with van der Waals surface area (Å²) < 4.78 is 35.1. The van der Waals surface area contributed by atoms with Gasteiger partial charge in [-0.2, -0.15) is 5.10 Å². The molecule has 10 heteroatoms. The summed E-state index contributed by atoms with van der Waals surface area (Å²) in [4.78, 5) is 28.7. The van der Waals surface area contributed by atoms with E-state index in [1.54, 1.807) is 0 Å². The first-order valence-electron chi connectivity index (χ1n) is 9.81. The lowest BCUT2D eigenvalue weighted by atomic mass is 10.00. The molecule has 0 saturated heterocycles. The third-order valence-electron chi connectivity index (χ3n) is 5.06. The number of esters is 1. The van der Waals surface area contributed by atoms with Gasteiger partial charge in [0.1, 0.15) is 23.5 Å². The second-order valence-corrected chi connectivity index (χ2v) is 7.69. The van der Waals surface area contributed by atoms with Gasteiger partial charge in [0, 0.05) is 23.9 Å². The molecule has 31 heavy (non-hydrogen) atoms. The molecule has 1 aliphatic rings. The highest BCUT2D eigenvalue weighted by molar-refractivity contribution is 5.97. The van der Waals surface area contributed by atoms with E-state index in [0.717, 1.165) is 18.9 Å². The normalized spacial score (nSPS) is 13.5. The summed E-state index contributed by atoms with van der Waals surface area (Å²) in [6.07, 6.45) is 4.43. The van der Waals surface area contributed by atoms with Crippen LogP contribution in [-0.4, -0.2) is 39.6 Å². The zero-order chi connectivity index (χ0) is 22.3. The molecule has 1 aliphatic carbocycles. The maximum absolute atomic E-state index is 14.5. The number of benzene rings is 1. The van der Waals surface area contributed by atoms with Crippen LogP contribution in [0.25, 0.3) is 5.52 Å². The van der Waals surface area contributed by atoms with Crippen molar-refractivity contribution < 1.29 is 23.1 Å². The van der Waals surface area contributed by atoms with Crippen LogP contribution < -0.4 is 10.6 Å². The van der Waals surface area contributed by atoms with Crippen LogP contribution in [0.1, 0.15) is 58.9 Å². The number of methoxy groups -OCH3 is 1. The number of anilines is 2. The van der Waals surface area contributed by atoms with Crippen molar-refractivity contribution in [1.29, 1.82) is 0 Å². The van der Waals surface area contributed by atoms with Crippen molar-refractivity contribution >= 4 is 28.9 Å². The van der Waals surface area contributed by atoms with Crippen molar-refractivity contribution in [1.82, 2.24) is 19.9 Å². The Balaban J connectivity index is 1.79. The van der Waals surface area contributed by atoms with Crippen LogP contribution in [0.5, 0.6) is 0 Å². The summed E-state index contributed by atoms with van der Waals surface area (Å²) in [5.41, 5.74) is 0.981. The molecule has 0 aliphatic heterocycles. The molecule has 8 nitrogen and oxygen atoms in total. The molecular weight excluding hydrogens is 408 g/mol. The second kappa shape index (κ2) is 7.93. The predicted octanol–water partition coefficient (Wildman–Crippen LogP) is 3.55. The van der Waals surface area contributed by atoms with Crippen LogP contribution in [0.2, 0.25) is 0 Å². The lowest BCUT2D eigenvalue weighted by Crippen LogP contribution is -2.26. The van der Waals surface area contributed by atoms with Crippen molar-refractivity contribution in [3.05, 3.63) is 53.0 Å². The highest BCUT2D eigenvalue weighted by Crippen LogP contribution is 2.33. The monoisotopic (exact) mass is 429 g/mol. The number of carbonyl (C=O) groups excluding carboxylic acids is 2. The minimum Gasteiger partial charge on any atom is -0.465 e. The molecule has 2 heterocycles. The van der Waals surface area contributed by atoms with Crippen molar-refractivity contribution in [2.45, 2.75) is 38.6 Å². The van der Waals surface area contributed by atoms with E-state index in [4.69, 9.17) is 4.74 Å². The average Bonchev–Trinajstić information content (AvgIpc) is 3.44. The zero-order valence-electron chi connectivity index (χ0n) is 17.2. The number of nitrogens with zero attached hydrogens (tertiary/aromatic N) is 3. The Morgan fingerprint density at radius 1 is 1.19 bits per heavy atom. The van der Waals surface area contributed by atoms with E-state index < -0.39 is 23.5 Å². The first kappa shape index (κ1) is 20.7. The Labute approximate surface area is 176 Å². The van der Waals surface area contributed by atoms with Crippen LogP contribution in [0, 0.1) is 11.6 Å². The third kappa shape index (κ3) is 3.92. The van der Waals surface area contributed by atoms with Gasteiger partial charge in [-0.05, 0) is 24.8 Å². The van der Waals surface area contributed by atoms with Crippen LogP contribution in [-0.2, 0) is 4.74 Å². The molecule has 1 amide bonds. The molecule has 2 N–H and O–H groups in total. The van der Waals surface area contributed by atoms with Gasteiger partial charge in [0.25, 0.3) is 5.91 Å². The van der Waals surface area contributed by atoms with E-state index >= 15 is 0 Å². The number of hydrogen-bond acceptors (Lipinski definition) is 6. The number of fused-ring (bicyclic) bond motifs is 1. The number of carbonyl (C=O) groups is 2. The Kier molecular flexibility index (Phi) is 5.30. The van der Waals surface area contributed by atoms with E-state index in [9.17, 15) is 18.4 Å². The maximum atomic E-state index is 14.5. The fourth-order valence-electron chi connectivity index (χ4n) is 3.42. The molecule has 3 aromatic rings. The molecule has 2 aromatic heterocycles. The summed E-state index contributed by atoms with van der Waals surface area (Å²) in [5, 5.41) is 9.64.